The molecule has 0 heterocycles. The van der Waals surface area contributed by atoms with Gasteiger partial charge in [0.2, 0.25) is 0 Å². The maximum Gasteiger partial charge on any atom is 0.197 e. The molecule has 2 nitrogen and oxygen atoms in total. The fraction of sp³-hybridized carbons (Fsp3) is 0.667. The zero-order valence-corrected chi connectivity index (χ0v) is 15.6. The van der Waals surface area contributed by atoms with Crippen LogP contribution in [0.4, 0.5) is 0 Å². The largest absolute Gasteiger partial charge is 0.393 e. The molecule has 0 spiro atoms. The van der Waals surface area contributed by atoms with E-state index in [4.69, 9.17) is 11.6 Å². The van der Waals surface area contributed by atoms with Crippen LogP contribution in [0.5, 0.6) is 0 Å². The Kier molecular flexibility index (Phi) is 3.51. The normalized spacial score (nSPS) is 50.6. The fourth-order valence-corrected chi connectivity index (χ4v) is 6.97. The number of carbonyl (C=O) groups is 1. The maximum absolute atomic E-state index is 12.1. The Morgan fingerprint density at radius 1 is 1.25 bits per heavy atom. The van der Waals surface area contributed by atoms with Crippen molar-refractivity contribution in [1.29, 1.82) is 0 Å². The predicted octanol–water partition coefficient (Wildman–Crippen LogP) is 4.63. The highest BCUT2D eigenvalue weighted by molar-refractivity contribution is 6.45. The molecule has 1 unspecified atom stereocenters. The van der Waals surface area contributed by atoms with Crippen LogP contribution in [0.3, 0.4) is 0 Å². The molecule has 4 rings (SSSR count). The molecule has 3 heteroatoms. The number of aliphatic hydroxyl groups excluding tert-OH is 1. The molecule has 0 amide bonds. The summed E-state index contributed by atoms with van der Waals surface area (Å²) < 4.78 is 0. The summed E-state index contributed by atoms with van der Waals surface area (Å²) in [5.41, 5.74) is 1.85. The number of aliphatic hydroxyl groups is 1. The van der Waals surface area contributed by atoms with Gasteiger partial charge in [0.05, 0.1) is 11.1 Å². The average Bonchev–Trinajstić information content (AvgIpc) is 2.84. The molecular formula is C21H27ClO2. The molecule has 0 aromatic heterocycles. The monoisotopic (exact) mass is 346 g/mol. The lowest BCUT2D eigenvalue weighted by Gasteiger charge is -2.59. The molecule has 3 saturated carbocycles. The summed E-state index contributed by atoms with van der Waals surface area (Å²) in [6.45, 7) is 11.1. The Morgan fingerprint density at radius 3 is 2.67 bits per heavy atom. The van der Waals surface area contributed by atoms with E-state index in [1.165, 1.54) is 0 Å². The number of ketones is 1. The summed E-state index contributed by atoms with van der Waals surface area (Å²) in [6.07, 6.45) is 7.71. The van der Waals surface area contributed by atoms with Gasteiger partial charge >= 0.3 is 0 Å². The van der Waals surface area contributed by atoms with Crippen molar-refractivity contribution in [3.63, 3.8) is 0 Å². The molecule has 1 N–H and O–H groups in total. The van der Waals surface area contributed by atoms with Gasteiger partial charge in [-0.2, -0.15) is 0 Å². The fourth-order valence-electron chi connectivity index (χ4n) is 6.58. The van der Waals surface area contributed by atoms with Crippen LogP contribution in [0.15, 0.2) is 34.9 Å². The first-order valence-electron chi connectivity index (χ1n) is 9.23. The standard InChI is InChI=1S/C21H27ClO2/c1-11-12(2)18-19(22)15(23)8-10-21(18,4)14-7-9-20(3)13(17(11)14)5-6-16(20)24/h8,10-11,13-14,16-17,24H,2,5-7,9H2,1,3-4H3/t11?,13-,14-,16-,17-,20-,21+/m0/s1. The van der Waals surface area contributed by atoms with Crippen LogP contribution in [-0.4, -0.2) is 17.0 Å². The summed E-state index contributed by atoms with van der Waals surface area (Å²) in [7, 11) is 0. The summed E-state index contributed by atoms with van der Waals surface area (Å²) in [4.78, 5) is 12.1. The third-order valence-corrected chi connectivity index (χ3v) is 8.43. The van der Waals surface area contributed by atoms with Crippen molar-refractivity contribution in [1.82, 2.24) is 0 Å². The van der Waals surface area contributed by atoms with Crippen molar-refractivity contribution in [2.24, 2.45) is 34.5 Å². The SMILES string of the molecule is C=C1C2=C(Cl)C(=O)C=C[C@]2(C)[C@H]2CC[C@]3(C)[C@@H](O)CC[C@H]3[C@@H]2C1C. The van der Waals surface area contributed by atoms with Gasteiger partial charge in [-0.1, -0.05) is 45.0 Å². The highest BCUT2D eigenvalue weighted by Crippen LogP contribution is 2.67. The first-order valence-corrected chi connectivity index (χ1v) is 9.60. The minimum atomic E-state index is -0.200. The van der Waals surface area contributed by atoms with E-state index >= 15 is 0 Å². The van der Waals surface area contributed by atoms with E-state index in [-0.39, 0.29) is 22.7 Å². The van der Waals surface area contributed by atoms with Gasteiger partial charge in [0.25, 0.3) is 0 Å². The topological polar surface area (TPSA) is 37.3 Å². The quantitative estimate of drug-likeness (QED) is 0.694. The van der Waals surface area contributed by atoms with E-state index in [1.807, 2.05) is 0 Å². The Hall–Kier alpha value is -0.860. The Balaban J connectivity index is 1.84. The molecule has 7 atom stereocenters. The van der Waals surface area contributed by atoms with Crippen LogP contribution < -0.4 is 0 Å². The van der Waals surface area contributed by atoms with Gasteiger partial charge in [-0.15, -0.1) is 0 Å². The van der Waals surface area contributed by atoms with Gasteiger partial charge in [-0.25, -0.2) is 0 Å². The molecular weight excluding hydrogens is 320 g/mol. The first-order chi connectivity index (χ1) is 11.2. The molecule has 0 radical (unpaired) electrons. The van der Waals surface area contributed by atoms with E-state index in [1.54, 1.807) is 6.08 Å². The van der Waals surface area contributed by atoms with E-state index in [9.17, 15) is 9.90 Å². The molecule has 130 valence electrons. The van der Waals surface area contributed by atoms with Crippen molar-refractivity contribution in [2.45, 2.75) is 52.6 Å². The van der Waals surface area contributed by atoms with Crippen LogP contribution in [-0.2, 0) is 4.79 Å². The predicted molar refractivity (Wildman–Crippen MR) is 96.5 cm³/mol. The number of allylic oxidation sites excluding steroid dienone is 5. The van der Waals surface area contributed by atoms with Gasteiger partial charge in [-0.05, 0) is 72.0 Å². The minimum Gasteiger partial charge on any atom is -0.393 e. The van der Waals surface area contributed by atoms with E-state index in [0.717, 1.165) is 36.8 Å². The molecule has 0 bridgehead atoms. The Morgan fingerprint density at radius 2 is 1.96 bits per heavy atom. The smallest absolute Gasteiger partial charge is 0.197 e. The van der Waals surface area contributed by atoms with Gasteiger partial charge in [0.15, 0.2) is 5.78 Å². The summed E-state index contributed by atoms with van der Waals surface area (Å²) in [5, 5.41) is 11.0. The van der Waals surface area contributed by atoms with Crippen molar-refractivity contribution < 1.29 is 9.90 Å². The van der Waals surface area contributed by atoms with E-state index in [2.05, 4.69) is 33.4 Å². The summed E-state index contributed by atoms with van der Waals surface area (Å²) >= 11 is 6.46. The molecule has 4 aliphatic carbocycles. The third-order valence-electron chi connectivity index (χ3n) is 8.06. The number of carbonyl (C=O) groups excluding carboxylic acids is 1. The highest BCUT2D eigenvalue weighted by Gasteiger charge is 2.61. The average molecular weight is 347 g/mol. The van der Waals surface area contributed by atoms with Crippen LogP contribution >= 0.6 is 11.6 Å². The van der Waals surface area contributed by atoms with Crippen molar-refractivity contribution in [3.8, 4) is 0 Å². The van der Waals surface area contributed by atoms with Gasteiger partial charge < -0.3 is 5.11 Å². The number of hydrogen-bond acceptors (Lipinski definition) is 2. The molecule has 24 heavy (non-hydrogen) atoms. The second-order valence-electron chi connectivity index (χ2n) is 8.91. The minimum absolute atomic E-state index is 0.0330. The Bertz CT molecular complexity index is 690. The maximum atomic E-state index is 12.1. The number of fused-ring (bicyclic) bond motifs is 5. The number of hydrogen-bond donors (Lipinski definition) is 1. The molecule has 0 aliphatic heterocycles. The lowest BCUT2D eigenvalue weighted by Crippen LogP contribution is -2.53. The second-order valence-corrected chi connectivity index (χ2v) is 9.29. The molecule has 4 aliphatic rings. The summed E-state index contributed by atoms with van der Waals surface area (Å²) in [6, 6.07) is 0. The lowest BCUT2D eigenvalue weighted by molar-refractivity contribution is -0.111. The zero-order chi connectivity index (χ0) is 17.4. The van der Waals surface area contributed by atoms with E-state index < -0.39 is 0 Å². The van der Waals surface area contributed by atoms with E-state index in [0.29, 0.717) is 28.7 Å². The molecule has 0 aromatic rings. The van der Waals surface area contributed by atoms with Crippen LogP contribution in [0.25, 0.3) is 0 Å². The zero-order valence-electron chi connectivity index (χ0n) is 14.8. The number of halogens is 1. The van der Waals surface area contributed by atoms with Gasteiger partial charge in [0, 0.05) is 5.41 Å². The number of rotatable bonds is 0. The van der Waals surface area contributed by atoms with Gasteiger partial charge in [0.1, 0.15) is 0 Å². The van der Waals surface area contributed by atoms with Crippen LogP contribution in [0.2, 0.25) is 0 Å². The second kappa shape index (κ2) is 5.08. The highest BCUT2D eigenvalue weighted by atomic mass is 35.5. The van der Waals surface area contributed by atoms with Crippen molar-refractivity contribution in [3.05, 3.63) is 34.9 Å². The van der Waals surface area contributed by atoms with Crippen LogP contribution in [0, 0.1) is 34.5 Å². The third kappa shape index (κ3) is 1.85. The molecule has 3 fully saturated rings. The van der Waals surface area contributed by atoms with Crippen molar-refractivity contribution >= 4 is 17.4 Å². The summed E-state index contributed by atoms with van der Waals surface area (Å²) in [5.74, 6) is 1.72. The molecule has 0 saturated heterocycles. The van der Waals surface area contributed by atoms with Gasteiger partial charge in [-0.3, -0.25) is 4.79 Å². The molecule has 0 aromatic carbocycles. The Labute approximate surface area is 149 Å². The first kappa shape index (κ1) is 16.6. The van der Waals surface area contributed by atoms with Crippen LogP contribution in [0.1, 0.15) is 46.5 Å². The van der Waals surface area contributed by atoms with Crippen molar-refractivity contribution in [2.75, 3.05) is 0 Å². The lowest BCUT2D eigenvalue weighted by atomic mass is 9.45.